The van der Waals surface area contributed by atoms with Crippen molar-refractivity contribution in [3.8, 4) is 39.9 Å². The molecule has 0 fully saturated rings. The van der Waals surface area contributed by atoms with Crippen molar-refractivity contribution in [1.29, 1.82) is 0 Å². The Labute approximate surface area is 168 Å². The maximum atomic E-state index is 11.6. The summed E-state index contributed by atoms with van der Waals surface area (Å²) >= 11 is 0. The largest absolute Gasteiger partial charge is 0.507 e. The van der Waals surface area contributed by atoms with E-state index in [9.17, 15) is 9.90 Å². The minimum Gasteiger partial charge on any atom is -0.507 e. The molecule has 0 saturated heterocycles. The second kappa shape index (κ2) is 7.64. The van der Waals surface area contributed by atoms with Gasteiger partial charge in [-0.05, 0) is 31.5 Å². The smallest absolute Gasteiger partial charge is 0.167 e. The van der Waals surface area contributed by atoms with Gasteiger partial charge in [0.1, 0.15) is 5.75 Å². The number of aryl methyl sites for hydroxylation is 1. The standard InChI is InChI=1S/C24H19N3O2/c1-15-8-13-20(21(29)14-15)24-26-22(18-6-4-3-5-7-18)25-23(27-24)19-11-9-17(10-12-19)16(2)28/h3-14,29H,1-2H3. The number of carbonyl (C=O) groups is 1. The topological polar surface area (TPSA) is 76.0 Å². The summed E-state index contributed by atoms with van der Waals surface area (Å²) in [6.07, 6.45) is 0. The molecule has 0 aliphatic rings. The van der Waals surface area contributed by atoms with E-state index in [0.29, 0.717) is 28.6 Å². The normalized spacial score (nSPS) is 10.7. The SMILES string of the molecule is CC(=O)c1ccc(-c2nc(-c3ccccc3)nc(-c3ccc(C)cc3O)n2)cc1. The van der Waals surface area contributed by atoms with E-state index in [1.165, 1.54) is 6.92 Å². The van der Waals surface area contributed by atoms with Crippen LogP contribution in [0.3, 0.4) is 0 Å². The van der Waals surface area contributed by atoms with Crippen molar-refractivity contribution in [1.82, 2.24) is 15.0 Å². The van der Waals surface area contributed by atoms with E-state index in [-0.39, 0.29) is 11.5 Å². The second-order valence-corrected chi connectivity index (χ2v) is 6.83. The summed E-state index contributed by atoms with van der Waals surface area (Å²) in [7, 11) is 0. The molecule has 0 bridgehead atoms. The molecule has 3 aromatic carbocycles. The lowest BCUT2D eigenvalue weighted by Gasteiger charge is -2.10. The molecular weight excluding hydrogens is 362 g/mol. The fourth-order valence-corrected chi connectivity index (χ4v) is 3.03. The van der Waals surface area contributed by atoms with Crippen LogP contribution in [0.1, 0.15) is 22.8 Å². The number of aromatic nitrogens is 3. The number of hydrogen-bond donors (Lipinski definition) is 1. The summed E-state index contributed by atoms with van der Waals surface area (Å²) in [6, 6.07) is 22.2. The summed E-state index contributed by atoms with van der Waals surface area (Å²) in [5, 5.41) is 10.4. The second-order valence-electron chi connectivity index (χ2n) is 6.83. The molecule has 0 saturated carbocycles. The Morgan fingerprint density at radius 1 is 0.759 bits per heavy atom. The van der Waals surface area contributed by atoms with Crippen LogP contribution in [0, 0.1) is 6.92 Å². The van der Waals surface area contributed by atoms with Crippen LogP contribution in [-0.4, -0.2) is 25.8 Å². The number of phenols is 1. The summed E-state index contributed by atoms with van der Waals surface area (Å²) in [5.41, 5.74) is 3.73. The van der Waals surface area contributed by atoms with Gasteiger partial charge in [-0.25, -0.2) is 15.0 Å². The van der Waals surface area contributed by atoms with Crippen molar-refractivity contribution < 1.29 is 9.90 Å². The third-order valence-electron chi connectivity index (χ3n) is 4.61. The van der Waals surface area contributed by atoms with Gasteiger partial charge in [0, 0.05) is 16.7 Å². The van der Waals surface area contributed by atoms with Crippen molar-refractivity contribution in [3.63, 3.8) is 0 Å². The van der Waals surface area contributed by atoms with E-state index >= 15 is 0 Å². The first-order valence-electron chi connectivity index (χ1n) is 9.24. The number of Topliss-reactive ketones (excluding diaryl/α,β-unsaturated/α-hetero) is 1. The zero-order valence-electron chi connectivity index (χ0n) is 16.1. The van der Waals surface area contributed by atoms with Crippen molar-refractivity contribution >= 4 is 5.78 Å². The minimum atomic E-state index is 0.00226. The molecule has 1 heterocycles. The van der Waals surface area contributed by atoms with E-state index in [1.54, 1.807) is 24.3 Å². The molecule has 4 rings (SSSR count). The van der Waals surface area contributed by atoms with Gasteiger partial charge in [-0.1, -0.05) is 60.7 Å². The maximum absolute atomic E-state index is 11.6. The molecule has 1 aromatic heterocycles. The third-order valence-corrected chi connectivity index (χ3v) is 4.61. The lowest BCUT2D eigenvalue weighted by Crippen LogP contribution is -2.01. The Hall–Kier alpha value is -3.86. The number of aromatic hydroxyl groups is 1. The summed E-state index contributed by atoms with van der Waals surface area (Å²) in [4.78, 5) is 25.4. The van der Waals surface area contributed by atoms with Crippen LogP contribution in [0.25, 0.3) is 34.2 Å². The number of benzene rings is 3. The molecule has 0 aliphatic heterocycles. The van der Waals surface area contributed by atoms with Gasteiger partial charge in [-0.15, -0.1) is 0 Å². The molecule has 0 atom stereocenters. The molecule has 5 heteroatoms. The first-order chi connectivity index (χ1) is 14.0. The van der Waals surface area contributed by atoms with Gasteiger partial charge in [0.15, 0.2) is 23.3 Å². The molecule has 0 unspecified atom stereocenters. The van der Waals surface area contributed by atoms with Gasteiger partial charge in [0.05, 0.1) is 5.56 Å². The number of rotatable bonds is 4. The monoisotopic (exact) mass is 381 g/mol. The van der Waals surface area contributed by atoms with E-state index in [0.717, 1.165) is 16.7 Å². The third kappa shape index (κ3) is 3.89. The highest BCUT2D eigenvalue weighted by molar-refractivity contribution is 5.94. The molecular formula is C24H19N3O2. The quantitative estimate of drug-likeness (QED) is 0.498. The molecule has 142 valence electrons. The van der Waals surface area contributed by atoms with E-state index in [4.69, 9.17) is 0 Å². The van der Waals surface area contributed by atoms with E-state index < -0.39 is 0 Å². The molecule has 0 radical (unpaired) electrons. The molecule has 29 heavy (non-hydrogen) atoms. The van der Waals surface area contributed by atoms with Crippen molar-refractivity contribution in [2.75, 3.05) is 0 Å². The van der Waals surface area contributed by atoms with Crippen molar-refractivity contribution in [2.45, 2.75) is 13.8 Å². The summed E-state index contributed by atoms with van der Waals surface area (Å²) < 4.78 is 0. The van der Waals surface area contributed by atoms with Gasteiger partial charge < -0.3 is 5.11 Å². The van der Waals surface area contributed by atoms with Crippen molar-refractivity contribution in [2.24, 2.45) is 0 Å². The van der Waals surface area contributed by atoms with E-state index in [2.05, 4.69) is 15.0 Å². The van der Waals surface area contributed by atoms with Crippen molar-refractivity contribution in [3.05, 3.63) is 83.9 Å². The van der Waals surface area contributed by atoms with Gasteiger partial charge in [-0.3, -0.25) is 4.79 Å². The number of ketones is 1. The fraction of sp³-hybridized carbons (Fsp3) is 0.0833. The lowest BCUT2D eigenvalue weighted by molar-refractivity contribution is 0.101. The Balaban J connectivity index is 1.89. The highest BCUT2D eigenvalue weighted by atomic mass is 16.3. The lowest BCUT2D eigenvalue weighted by atomic mass is 10.1. The first kappa shape index (κ1) is 18.5. The van der Waals surface area contributed by atoms with Gasteiger partial charge in [-0.2, -0.15) is 0 Å². The van der Waals surface area contributed by atoms with Gasteiger partial charge in [0.2, 0.25) is 0 Å². The Morgan fingerprint density at radius 2 is 1.34 bits per heavy atom. The van der Waals surface area contributed by atoms with Crippen LogP contribution in [-0.2, 0) is 0 Å². The number of hydrogen-bond acceptors (Lipinski definition) is 5. The van der Waals surface area contributed by atoms with Gasteiger partial charge >= 0.3 is 0 Å². The number of nitrogens with zero attached hydrogens (tertiary/aromatic N) is 3. The Bertz CT molecular complexity index is 1190. The number of phenolic OH excluding ortho intramolecular Hbond substituents is 1. The van der Waals surface area contributed by atoms with Crippen LogP contribution in [0.15, 0.2) is 72.8 Å². The molecule has 1 N–H and O–H groups in total. The van der Waals surface area contributed by atoms with Crippen LogP contribution in [0.5, 0.6) is 5.75 Å². The average Bonchev–Trinajstić information content (AvgIpc) is 2.74. The van der Waals surface area contributed by atoms with Crippen LogP contribution >= 0.6 is 0 Å². The zero-order valence-corrected chi connectivity index (χ0v) is 16.1. The molecule has 5 nitrogen and oxygen atoms in total. The molecule has 0 spiro atoms. The van der Waals surface area contributed by atoms with Crippen LogP contribution in [0.2, 0.25) is 0 Å². The first-order valence-corrected chi connectivity index (χ1v) is 9.24. The van der Waals surface area contributed by atoms with E-state index in [1.807, 2.05) is 55.5 Å². The predicted octanol–water partition coefficient (Wildman–Crippen LogP) is 5.09. The number of carbonyl (C=O) groups excluding carboxylic acids is 1. The molecule has 0 amide bonds. The average molecular weight is 381 g/mol. The summed E-state index contributed by atoms with van der Waals surface area (Å²) in [6.45, 7) is 3.44. The van der Waals surface area contributed by atoms with Gasteiger partial charge in [0.25, 0.3) is 0 Å². The minimum absolute atomic E-state index is 0.00226. The Morgan fingerprint density at radius 3 is 1.93 bits per heavy atom. The fourth-order valence-electron chi connectivity index (χ4n) is 3.03. The highest BCUT2D eigenvalue weighted by Gasteiger charge is 2.14. The highest BCUT2D eigenvalue weighted by Crippen LogP contribution is 2.30. The summed E-state index contributed by atoms with van der Waals surface area (Å²) in [5.74, 6) is 1.50. The van der Waals surface area contributed by atoms with Crippen LogP contribution in [0.4, 0.5) is 0 Å². The zero-order chi connectivity index (χ0) is 20.4. The molecule has 4 aromatic rings. The predicted molar refractivity (Wildman–Crippen MR) is 113 cm³/mol. The van der Waals surface area contributed by atoms with Crippen LogP contribution < -0.4 is 0 Å². The molecule has 0 aliphatic carbocycles. The maximum Gasteiger partial charge on any atom is 0.167 e. The Kier molecular flexibility index (Phi) is 4.87.